The first-order valence-electron chi connectivity index (χ1n) is 8.13. The number of imidazole rings is 1. The maximum atomic E-state index is 11.9. The van der Waals surface area contributed by atoms with Gasteiger partial charge in [0.2, 0.25) is 5.96 Å². The lowest BCUT2D eigenvalue weighted by molar-refractivity contribution is 0.0600. The van der Waals surface area contributed by atoms with Crippen LogP contribution in [0.3, 0.4) is 0 Å². The van der Waals surface area contributed by atoms with Crippen LogP contribution >= 0.6 is 0 Å². The number of nitrogens with one attached hydrogen (secondary N) is 1. The van der Waals surface area contributed by atoms with Crippen molar-refractivity contribution in [1.29, 1.82) is 0 Å². The third-order valence-electron chi connectivity index (χ3n) is 4.07. The second kappa shape index (κ2) is 7.65. The molecule has 0 radical (unpaired) electrons. The fourth-order valence-electron chi connectivity index (χ4n) is 2.75. The van der Waals surface area contributed by atoms with Crippen LogP contribution in [-0.2, 0) is 15.1 Å². The Labute approximate surface area is 150 Å². The number of aromatic nitrogens is 2. The molecule has 1 aliphatic rings. The highest BCUT2D eigenvalue weighted by Crippen LogP contribution is 2.35. The van der Waals surface area contributed by atoms with E-state index >= 15 is 0 Å². The summed E-state index contributed by atoms with van der Waals surface area (Å²) in [6.45, 7) is 0.465. The van der Waals surface area contributed by atoms with Crippen LogP contribution in [0.4, 0.5) is 5.69 Å². The van der Waals surface area contributed by atoms with E-state index in [0.717, 1.165) is 5.69 Å². The molecular formula is C17H21N5O4. The molecule has 2 aromatic rings. The lowest BCUT2D eigenvalue weighted by Crippen LogP contribution is -2.43. The smallest absolute Gasteiger partial charge is 0.337 e. The van der Waals surface area contributed by atoms with E-state index in [2.05, 4.69) is 15.3 Å². The molecule has 0 amide bonds. The highest BCUT2D eigenvalue weighted by atomic mass is 16.5. The van der Waals surface area contributed by atoms with Gasteiger partial charge in [-0.2, -0.15) is 0 Å². The Morgan fingerprint density at radius 1 is 1.42 bits per heavy atom. The monoisotopic (exact) mass is 359 g/mol. The number of aliphatic hydroxyl groups is 1. The molecule has 0 bridgehead atoms. The van der Waals surface area contributed by atoms with E-state index in [1.807, 2.05) is 0 Å². The van der Waals surface area contributed by atoms with Crippen molar-refractivity contribution in [2.45, 2.75) is 12.1 Å². The van der Waals surface area contributed by atoms with Gasteiger partial charge in [0, 0.05) is 30.1 Å². The molecule has 0 fully saturated rings. The van der Waals surface area contributed by atoms with Gasteiger partial charge < -0.3 is 25.6 Å². The topological polar surface area (TPSA) is 124 Å². The predicted octanol–water partition coefficient (Wildman–Crippen LogP) is 0.510. The van der Waals surface area contributed by atoms with E-state index in [-0.39, 0.29) is 13.2 Å². The first-order chi connectivity index (χ1) is 12.6. The van der Waals surface area contributed by atoms with E-state index in [0.29, 0.717) is 30.1 Å². The average Bonchev–Trinajstić information content (AvgIpc) is 3.19. The van der Waals surface area contributed by atoms with Crippen molar-refractivity contribution in [1.82, 2.24) is 9.55 Å². The molecule has 1 atom stereocenters. The molecule has 26 heavy (non-hydrogen) atoms. The standard InChI is InChI=1S/C17H21N5O4/c1-25-15(24)12-2-3-14-13(10-12)17(18,4-8-26-9-7-23)21-16(20-14)22-6-5-19-11-22/h2-3,5-6,10-11,23H,4,7-9,18H2,1H3,(H,20,21). The van der Waals surface area contributed by atoms with Crippen molar-refractivity contribution in [3.05, 3.63) is 48.0 Å². The Bertz CT molecular complexity index is 805. The number of fused-ring (bicyclic) bond motifs is 1. The molecule has 1 aliphatic heterocycles. The van der Waals surface area contributed by atoms with E-state index in [1.54, 1.807) is 41.5 Å². The maximum Gasteiger partial charge on any atom is 0.337 e. The summed E-state index contributed by atoms with van der Waals surface area (Å²) in [7, 11) is 1.33. The minimum Gasteiger partial charge on any atom is -0.465 e. The number of aliphatic imine (C=N–C) groups is 1. The van der Waals surface area contributed by atoms with Gasteiger partial charge in [-0.1, -0.05) is 0 Å². The molecular weight excluding hydrogens is 338 g/mol. The van der Waals surface area contributed by atoms with Crippen LogP contribution < -0.4 is 11.1 Å². The number of anilines is 1. The summed E-state index contributed by atoms with van der Waals surface area (Å²) in [4.78, 5) is 20.5. The Morgan fingerprint density at radius 3 is 2.96 bits per heavy atom. The summed E-state index contributed by atoms with van der Waals surface area (Å²) in [6, 6.07) is 5.11. The number of nitrogens with zero attached hydrogens (tertiary/aromatic N) is 3. The number of methoxy groups -OCH3 is 1. The van der Waals surface area contributed by atoms with Crippen LogP contribution in [0.1, 0.15) is 22.3 Å². The van der Waals surface area contributed by atoms with Gasteiger partial charge in [-0.05, 0) is 18.2 Å². The second-order valence-electron chi connectivity index (χ2n) is 5.79. The molecule has 9 heteroatoms. The fraction of sp³-hybridized carbons (Fsp3) is 0.353. The van der Waals surface area contributed by atoms with Gasteiger partial charge in [-0.25, -0.2) is 14.8 Å². The molecule has 9 nitrogen and oxygen atoms in total. The minimum atomic E-state index is -1.11. The number of nitrogens with two attached hydrogens (primary N) is 1. The summed E-state index contributed by atoms with van der Waals surface area (Å²) < 4.78 is 11.9. The van der Waals surface area contributed by atoms with Gasteiger partial charge in [0.05, 0.1) is 32.5 Å². The molecule has 0 spiro atoms. The van der Waals surface area contributed by atoms with E-state index < -0.39 is 11.6 Å². The molecule has 0 saturated carbocycles. The largest absolute Gasteiger partial charge is 0.465 e. The van der Waals surface area contributed by atoms with Crippen molar-refractivity contribution >= 4 is 17.6 Å². The number of ether oxygens (including phenoxy) is 2. The van der Waals surface area contributed by atoms with Gasteiger partial charge in [-0.3, -0.25) is 4.57 Å². The summed E-state index contributed by atoms with van der Waals surface area (Å²) >= 11 is 0. The highest BCUT2D eigenvalue weighted by Gasteiger charge is 2.34. The number of hydrogen-bond donors (Lipinski definition) is 3. The quantitative estimate of drug-likeness (QED) is 0.507. The van der Waals surface area contributed by atoms with Gasteiger partial charge in [0.25, 0.3) is 0 Å². The van der Waals surface area contributed by atoms with E-state index in [4.69, 9.17) is 20.3 Å². The molecule has 3 rings (SSSR count). The summed E-state index contributed by atoms with van der Waals surface area (Å²) in [6.07, 6.45) is 5.37. The van der Waals surface area contributed by atoms with Gasteiger partial charge in [0.15, 0.2) is 0 Å². The fourth-order valence-corrected chi connectivity index (χ4v) is 2.75. The van der Waals surface area contributed by atoms with Crippen molar-refractivity contribution in [3.8, 4) is 0 Å². The van der Waals surface area contributed by atoms with E-state index in [9.17, 15) is 4.79 Å². The number of carbonyl (C=O) groups excluding carboxylic acids is 1. The number of benzene rings is 1. The number of rotatable bonds is 6. The number of esters is 1. The average molecular weight is 359 g/mol. The van der Waals surface area contributed by atoms with Gasteiger partial charge in [0.1, 0.15) is 12.0 Å². The molecule has 138 valence electrons. The van der Waals surface area contributed by atoms with Crippen molar-refractivity contribution < 1.29 is 19.4 Å². The zero-order valence-corrected chi connectivity index (χ0v) is 14.4. The first-order valence-corrected chi connectivity index (χ1v) is 8.13. The number of carbonyl (C=O) groups is 1. The van der Waals surface area contributed by atoms with Crippen LogP contribution in [0.5, 0.6) is 0 Å². The molecule has 2 heterocycles. The molecule has 0 aliphatic carbocycles. The van der Waals surface area contributed by atoms with Crippen molar-refractivity contribution in [3.63, 3.8) is 0 Å². The predicted molar refractivity (Wildman–Crippen MR) is 94.9 cm³/mol. The summed E-state index contributed by atoms with van der Waals surface area (Å²) in [5, 5.41) is 12.1. The van der Waals surface area contributed by atoms with Crippen LogP contribution in [0.2, 0.25) is 0 Å². The van der Waals surface area contributed by atoms with Crippen LogP contribution in [-0.4, -0.2) is 53.5 Å². The molecule has 4 N–H and O–H groups in total. The lowest BCUT2D eigenvalue weighted by atomic mass is 9.92. The molecule has 0 saturated heterocycles. The van der Waals surface area contributed by atoms with Crippen LogP contribution in [0, 0.1) is 0 Å². The van der Waals surface area contributed by atoms with E-state index in [1.165, 1.54) is 7.11 Å². The van der Waals surface area contributed by atoms with Crippen LogP contribution in [0.25, 0.3) is 0 Å². The number of aliphatic hydroxyl groups excluding tert-OH is 1. The number of hydrogen-bond acceptors (Lipinski definition) is 8. The lowest BCUT2D eigenvalue weighted by Gasteiger charge is -2.33. The maximum absolute atomic E-state index is 11.9. The zero-order chi connectivity index (χ0) is 18.6. The SMILES string of the molecule is COC(=O)c1ccc2c(c1)C(N)(CCOCCO)N=C(n1ccnc1)N2. The van der Waals surface area contributed by atoms with Crippen molar-refractivity contribution in [2.75, 3.05) is 32.2 Å². The minimum absolute atomic E-state index is 0.0637. The van der Waals surface area contributed by atoms with Gasteiger partial charge in [-0.15, -0.1) is 0 Å². The normalized spacial score (nSPS) is 18.7. The third kappa shape index (κ3) is 3.59. The summed E-state index contributed by atoms with van der Waals surface area (Å²) in [5.41, 5.74) is 7.28. The molecule has 1 aromatic carbocycles. The van der Waals surface area contributed by atoms with Crippen LogP contribution in [0.15, 0.2) is 41.9 Å². The third-order valence-corrected chi connectivity index (χ3v) is 4.07. The Kier molecular flexibility index (Phi) is 5.31. The molecule has 1 unspecified atom stereocenters. The highest BCUT2D eigenvalue weighted by molar-refractivity contribution is 5.99. The second-order valence-corrected chi connectivity index (χ2v) is 5.79. The van der Waals surface area contributed by atoms with Gasteiger partial charge >= 0.3 is 5.97 Å². The zero-order valence-electron chi connectivity index (χ0n) is 14.4. The molecule has 1 aromatic heterocycles. The Morgan fingerprint density at radius 2 is 2.27 bits per heavy atom. The van der Waals surface area contributed by atoms with Crippen molar-refractivity contribution in [2.24, 2.45) is 10.7 Å². The Balaban J connectivity index is 1.98. The summed E-state index contributed by atoms with van der Waals surface area (Å²) in [5.74, 6) is 0.0709. The Hall–Kier alpha value is -2.75. The first kappa shape index (κ1) is 18.1.